The van der Waals surface area contributed by atoms with Crippen LogP contribution >= 0.6 is 0 Å². The molecule has 0 aliphatic heterocycles. The Hall–Kier alpha value is -1.91. The molecule has 0 radical (unpaired) electrons. The molecule has 0 fully saturated rings. The number of rotatable bonds is 5. The maximum absolute atomic E-state index is 10.8. The quantitative estimate of drug-likeness (QED) is 0.803. The Morgan fingerprint density at radius 2 is 2.00 bits per heavy atom. The van der Waals surface area contributed by atoms with Crippen LogP contribution in [0.4, 0.5) is 10.5 Å². The normalized spacial score (nSPS) is 9.62. The van der Waals surface area contributed by atoms with Crippen LogP contribution in [-0.4, -0.2) is 19.2 Å². The van der Waals surface area contributed by atoms with Gasteiger partial charge in [-0.15, -0.1) is 0 Å². The molecule has 1 aromatic carbocycles. The van der Waals surface area contributed by atoms with E-state index < -0.39 is 6.03 Å². The minimum Gasteiger partial charge on any atom is -0.494 e. The van der Waals surface area contributed by atoms with E-state index in [4.69, 9.17) is 15.2 Å². The molecule has 5 nitrogen and oxygen atoms in total. The van der Waals surface area contributed by atoms with Gasteiger partial charge in [0.1, 0.15) is 11.5 Å². The highest BCUT2D eigenvalue weighted by atomic mass is 16.5. The van der Waals surface area contributed by atoms with E-state index in [-0.39, 0.29) is 0 Å². The van der Waals surface area contributed by atoms with E-state index in [1.165, 1.54) is 0 Å². The van der Waals surface area contributed by atoms with E-state index in [9.17, 15) is 4.79 Å². The number of urea groups is 1. The lowest BCUT2D eigenvalue weighted by molar-refractivity contribution is 0.259. The molecule has 0 aliphatic carbocycles. The smallest absolute Gasteiger partial charge is 0.316 e. The fourth-order valence-corrected chi connectivity index (χ4v) is 1.28. The van der Waals surface area contributed by atoms with Crippen molar-refractivity contribution in [2.75, 3.05) is 18.5 Å². The number of carbonyl (C=O) groups is 1. The number of hydrogen-bond acceptors (Lipinski definition) is 3. The first-order valence-corrected chi connectivity index (χ1v) is 5.13. The Balaban J connectivity index is 2.95. The number of nitrogens with two attached hydrogens (primary N) is 1. The molecule has 3 N–H and O–H groups in total. The minimum atomic E-state index is -0.630. The summed E-state index contributed by atoms with van der Waals surface area (Å²) in [7, 11) is 0. The van der Waals surface area contributed by atoms with Crippen LogP contribution in [0.5, 0.6) is 11.5 Å². The number of carbonyl (C=O) groups excluding carboxylic acids is 1. The molecule has 5 heteroatoms. The van der Waals surface area contributed by atoms with Crippen molar-refractivity contribution >= 4 is 11.7 Å². The average molecular weight is 224 g/mol. The molecule has 88 valence electrons. The van der Waals surface area contributed by atoms with Gasteiger partial charge in [-0.25, -0.2) is 4.79 Å². The molecular formula is C11H16N2O3. The largest absolute Gasteiger partial charge is 0.494 e. The van der Waals surface area contributed by atoms with Crippen molar-refractivity contribution in [3.63, 3.8) is 0 Å². The predicted octanol–water partition coefficient (Wildman–Crippen LogP) is 1.97. The summed E-state index contributed by atoms with van der Waals surface area (Å²) in [4.78, 5) is 10.8. The number of nitrogens with one attached hydrogen (secondary N) is 1. The van der Waals surface area contributed by atoms with Gasteiger partial charge in [0, 0.05) is 6.07 Å². The third kappa shape index (κ3) is 3.34. The third-order valence-electron chi connectivity index (χ3n) is 1.82. The molecule has 16 heavy (non-hydrogen) atoms. The van der Waals surface area contributed by atoms with Gasteiger partial charge in [0.25, 0.3) is 0 Å². The van der Waals surface area contributed by atoms with Crippen LogP contribution in [0.3, 0.4) is 0 Å². The maximum atomic E-state index is 10.8. The van der Waals surface area contributed by atoms with E-state index in [1.54, 1.807) is 18.2 Å². The maximum Gasteiger partial charge on any atom is 0.316 e. The zero-order valence-corrected chi connectivity index (χ0v) is 9.45. The summed E-state index contributed by atoms with van der Waals surface area (Å²) in [6, 6.07) is 4.56. The van der Waals surface area contributed by atoms with Crippen LogP contribution in [0.1, 0.15) is 13.8 Å². The Morgan fingerprint density at radius 1 is 1.31 bits per heavy atom. The highest BCUT2D eigenvalue weighted by Gasteiger charge is 2.07. The van der Waals surface area contributed by atoms with Crippen molar-refractivity contribution in [1.82, 2.24) is 0 Å². The fraction of sp³-hybridized carbons (Fsp3) is 0.364. The molecule has 0 aromatic heterocycles. The number of primary amides is 1. The van der Waals surface area contributed by atoms with Crippen molar-refractivity contribution in [3.8, 4) is 11.5 Å². The van der Waals surface area contributed by atoms with Gasteiger partial charge >= 0.3 is 6.03 Å². The highest BCUT2D eigenvalue weighted by molar-refractivity contribution is 5.89. The lowest BCUT2D eigenvalue weighted by Gasteiger charge is -2.12. The molecule has 0 bridgehead atoms. The van der Waals surface area contributed by atoms with Crippen LogP contribution in [0.15, 0.2) is 18.2 Å². The molecule has 0 aliphatic rings. The van der Waals surface area contributed by atoms with Gasteiger partial charge in [0.05, 0.1) is 18.9 Å². The van der Waals surface area contributed by atoms with E-state index in [0.29, 0.717) is 30.4 Å². The van der Waals surface area contributed by atoms with E-state index in [1.807, 2.05) is 13.8 Å². The predicted molar refractivity (Wildman–Crippen MR) is 62.0 cm³/mol. The molecule has 1 aromatic rings. The molecular weight excluding hydrogens is 208 g/mol. The zero-order valence-electron chi connectivity index (χ0n) is 9.45. The second kappa shape index (κ2) is 5.85. The second-order valence-electron chi connectivity index (χ2n) is 3.01. The topological polar surface area (TPSA) is 73.6 Å². The summed E-state index contributed by atoms with van der Waals surface area (Å²) in [5.74, 6) is 1.24. The summed E-state index contributed by atoms with van der Waals surface area (Å²) in [6.07, 6.45) is 0. The first kappa shape index (κ1) is 12.2. The molecule has 0 spiro atoms. The number of amides is 2. The summed E-state index contributed by atoms with van der Waals surface area (Å²) < 4.78 is 10.7. The Kier molecular flexibility index (Phi) is 4.44. The van der Waals surface area contributed by atoms with E-state index in [0.717, 1.165) is 0 Å². The lowest BCUT2D eigenvalue weighted by atomic mass is 10.2. The van der Waals surface area contributed by atoms with Crippen LogP contribution < -0.4 is 20.5 Å². The SMILES string of the molecule is CCOc1ccc(OCC)c(NC(N)=O)c1. The number of hydrogen-bond donors (Lipinski definition) is 2. The number of ether oxygens (including phenoxy) is 2. The first-order valence-electron chi connectivity index (χ1n) is 5.13. The molecule has 0 heterocycles. The van der Waals surface area contributed by atoms with Crippen molar-refractivity contribution < 1.29 is 14.3 Å². The highest BCUT2D eigenvalue weighted by Crippen LogP contribution is 2.29. The van der Waals surface area contributed by atoms with Crippen LogP contribution in [-0.2, 0) is 0 Å². The number of benzene rings is 1. The van der Waals surface area contributed by atoms with Gasteiger partial charge in [-0.05, 0) is 26.0 Å². The molecule has 0 saturated heterocycles. The zero-order chi connectivity index (χ0) is 12.0. The van der Waals surface area contributed by atoms with Gasteiger partial charge in [0.2, 0.25) is 0 Å². The van der Waals surface area contributed by atoms with Crippen molar-refractivity contribution in [1.29, 1.82) is 0 Å². The van der Waals surface area contributed by atoms with Gasteiger partial charge in [-0.1, -0.05) is 0 Å². The summed E-state index contributed by atoms with van der Waals surface area (Å²) in [6.45, 7) is 4.83. The van der Waals surface area contributed by atoms with E-state index in [2.05, 4.69) is 5.32 Å². The fourth-order valence-electron chi connectivity index (χ4n) is 1.28. The second-order valence-corrected chi connectivity index (χ2v) is 3.01. The van der Waals surface area contributed by atoms with Crippen LogP contribution in [0.2, 0.25) is 0 Å². The standard InChI is InChI=1S/C11H16N2O3/c1-3-15-8-5-6-10(16-4-2)9(7-8)13-11(12)14/h5-7H,3-4H2,1-2H3,(H3,12,13,14). The Bertz CT molecular complexity index is 366. The summed E-state index contributed by atoms with van der Waals surface area (Å²) in [5, 5.41) is 2.49. The Labute approximate surface area is 94.5 Å². The van der Waals surface area contributed by atoms with E-state index >= 15 is 0 Å². The molecule has 1 rings (SSSR count). The molecule has 0 saturated carbocycles. The van der Waals surface area contributed by atoms with Crippen molar-refractivity contribution in [2.24, 2.45) is 5.73 Å². The average Bonchev–Trinajstić information content (AvgIpc) is 2.22. The van der Waals surface area contributed by atoms with Crippen molar-refractivity contribution in [2.45, 2.75) is 13.8 Å². The Morgan fingerprint density at radius 3 is 2.56 bits per heavy atom. The molecule has 2 amide bonds. The third-order valence-corrected chi connectivity index (χ3v) is 1.82. The minimum absolute atomic E-state index is 0.514. The van der Waals surface area contributed by atoms with Crippen molar-refractivity contribution in [3.05, 3.63) is 18.2 Å². The van der Waals surface area contributed by atoms with Gasteiger partial charge in [-0.3, -0.25) is 0 Å². The molecule has 0 unspecified atom stereocenters. The molecule has 0 atom stereocenters. The van der Waals surface area contributed by atoms with Crippen LogP contribution in [0, 0.1) is 0 Å². The van der Waals surface area contributed by atoms with Gasteiger partial charge < -0.3 is 20.5 Å². The van der Waals surface area contributed by atoms with Gasteiger partial charge in [0.15, 0.2) is 0 Å². The van der Waals surface area contributed by atoms with Crippen LogP contribution in [0.25, 0.3) is 0 Å². The first-order chi connectivity index (χ1) is 7.67. The lowest BCUT2D eigenvalue weighted by Crippen LogP contribution is -2.19. The van der Waals surface area contributed by atoms with Gasteiger partial charge in [-0.2, -0.15) is 0 Å². The number of anilines is 1. The summed E-state index contributed by atoms with van der Waals surface area (Å²) in [5.41, 5.74) is 5.58. The monoisotopic (exact) mass is 224 g/mol. The summed E-state index contributed by atoms with van der Waals surface area (Å²) >= 11 is 0.